The molecule has 0 aliphatic heterocycles. The van der Waals surface area contributed by atoms with Crippen molar-refractivity contribution in [3.8, 4) is 0 Å². The zero-order valence-electron chi connectivity index (χ0n) is 13.5. The van der Waals surface area contributed by atoms with Gasteiger partial charge < -0.3 is 20.6 Å². The van der Waals surface area contributed by atoms with Crippen molar-refractivity contribution in [2.45, 2.75) is 0 Å². The predicted octanol–water partition coefficient (Wildman–Crippen LogP) is 0.649. The van der Waals surface area contributed by atoms with Crippen LogP contribution < -0.4 is 15.4 Å². The molecule has 2 amide bonds. The van der Waals surface area contributed by atoms with E-state index in [-0.39, 0.29) is 10.4 Å². The van der Waals surface area contributed by atoms with Gasteiger partial charge in [-0.05, 0) is 18.2 Å². The molecule has 0 bridgehead atoms. The Morgan fingerprint density at radius 2 is 1.78 bits per heavy atom. The quantitative estimate of drug-likeness (QED) is 0.329. The number of halogens is 3. The average Bonchev–Trinajstić information content (AvgIpc) is 2.65. The standard InChI is InChI=1S/C16H12F3N3O5/c17-9-4-5-10(15(19)14(9)18)21-12(23)7-20-13(24)8-27-16(25)11-3-1-2-6-22(11)26/h1-6H,7-8H2,(H,20,24)(H,21,23). The van der Waals surface area contributed by atoms with Crippen LogP contribution >= 0.6 is 0 Å². The Labute approximate surface area is 150 Å². The first-order valence-corrected chi connectivity index (χ1v) is 7.35. The number of ether oxygens (including phenoxy) is 1. The summed E-state index contributed by atoms with van der Waals surface area (Å²) < 4.78 is 44.1. The molecule has 2 N–H and O–H groups in total. The van der Waals surface area contributed by atoms with E-state index in [9.17, 15) is 32.8 Å². The van der Waals surface area contributed by atoms with Gasteiger partial charge in [0.05, 0.1) is 12.2 Å². The minimum Gasteiger partial charge on any atom is -0.618 e. The summed E-state index contributed by atoms with van der Waals surface area (Å²) in [6, 6.07) is 5.44. The Morgan fingerprint density at radius 1 is 1.04 bits per heavy atom. The smallest absolute Gasteiger partial charge is 0.405 e. The minimum atomic E-state index is -1.75. The number of nitrogens with one attached hydrogen (secondary N) is 2. The second kappa shape index (κ2) is 8.65. The highest BCUT2D eigenvalue weighted by Gasteiger charge is 2.19. The van der Waals surface area contributed by atoms with Crippen molar-refractivity contribution >= 4 is 23.5 Å². The van der Waals surface area contributed by atoms with Crippen molar-refractivity contribution in [3.05, 3.63) is 64.9 Å². The molecule has 0 fully saturated rings. The third-order valence-electron chi connectivity index (χ3n) is 3.12. The molecule has 0 radical (unpaired) electrons. The number of aromatic nitrogens is 1. The monoisotopic (exact) mass is 383 g/mol. The number of esters is 1. The van der Waals surface area contributed by atoms with Crippen molar-refractivity contribution in [1.82, 2.24) is 5.32 Å². The van der Waals surface area contributed by atoms with Crippen LogP contribution in [-0.4, -0.2) is 30.9 Å². The summed E-state index contributed by atoms with van der Waals surface area (Å²) in [5.74, 6) is -7.61. The third kappa shape index (κ3) is 5.17. The fourth-order valence-electron chi connectivity index (χ4n) is 1.84. The number of amides is 2. The van der Waals surface area contributed by atoms with E-state index in [1.54, 1.807) is 0 Å². The molecule has 0 atom stereocenters. The van der Waals surface area contributed by atoms with Gasteiger partial charge in [-0.3, -0.25) is 9.59 Å². The van der Waals surface area contributed by atoms with Gasteiger partial charge in [0.15, 0.2) is 30.3 Å². The van der Waals surface area contributed by atoms with E-state index in [1.165, 1.54) is 18.2 Å². The molecule has 0 unspecified atom stereocenters. The lowest BCUT2D eigenvalue weighted by Gasteiger charge is -2.09. The fourth-order valence-corrected chi connectivity index (χ4v) is 1.84. The molecule has 0 saturated carbocycles. The van der Waals surface area contributed by atoms with Crippen LogP contribution in [0.5, 0.6) is 0 Å². The summed E-state index contributed by atoms with van der Waals surface area (Å²) >= 11 is 0. The van der Waals surface area contributed by atoms with Gasteiger partial charge in [-0.15, -0.1) is 0 Å². The number of hydrogen-bond acceptors (Lipinski definition) is 5. The molecule has 8 nitrogen and oxygen atoms in total. The first kappa shape index (κ1) is 19.7. The molecule has 0 aliphatic carbocycles. The zero-order valence-corrected chi connectivity index (χ0v) is 13.5. The van der Waals surface area contributed by atoms with Gasteiger partial charge in [0.1, 0.15) is 0 Å². The van der Waals surface area contributed by atoms with Crippen molar-refractivity contribution in [2.24, 2.45) is 0 Å². The molecule has 142 valence electrons. The molecule has 0 spiro atoms. The lowest BCUT2D eigenvalue weighted by molar-refractivity contribution is -0.608. The second-order valence-corrected chi connectivity index (χ2v) is 5.04. The van der Waals surface area contributed by atoms with Crippen LogP contribution in [0, 0.1) is 22.7 Å². The summed E-state index contributed by atoms with van der Waals surface area (Å²) in [5.41, 5.74) is -0.944. The van der Waals surface area contributed by atoms with Gasteiger partial charge in [-0.25, -0.2) is 18.0 Å². The van der Waals surface area contributed by atoms with Crippen molar-refractivity contribution in [2.75, 3.05) is 18.5 Å². The van der Waals surface area contributed by atoms with Crippen molar-refractivity contribution in [3.63, 3.8) is 0 Å². The van der Waals surface area contributed by atoms with Gasteiger partial charge >= 0.3 is 11.7 Å². The third-order valence-corrected chi connectivity index (χ3v) is 3.12. The first-order chi connectivity index (χ1) is 12.8. The number of rotatable bonds is 6. The van der Waals surface area contributed by atoms with E-state index < -0.39 is 54.1 Å². The van der Waals surface area contributed by atoms with Crippen LogP contribution in [-0.2, 0) is 14.3 Å². The Kier molecular flexibility index (Phi) is 6.31. The average molecular weight is 383 g/mol. The SMILES string of the molecule is O=C(COC(=O)c1cccc[n+]1[O-])NCC(=O)Nc1ccc(F)c(F)c1F. The Hall–Kier alpha value is -3.63. The van der Waals surface area contributed by atoms with Gasteiger partial charge in [0.25, 0.3) is 5.91 Å². The summed E-state index contributed by atoms with van der Waals surface area (Å²) in [7, 11) is 0. The van der Waals surface area contributed by atoms with E-state index in [0.717, 1.165) is 12.3 Å². The van der Waals surface area contributed by atoms with Crippen LogP contribution in [0.15, 0.2) is 36.5 Å². The number of anilines is 1. The number of pyridine rings is 1. The minimum absolute atomic E-state index is 0.254. The van der Waals surface area contributed by atoms with Crippen LogP contribution in [0.25, 0.3) is 0 Å². The van der Waals surface area contributed by atoms with Gasteiger partial charge in [0.2, 0.25) is 5.91 Å². The Bertz CT molecular complexity index is 892. The molecule has 2 rings (SSSR count). The van der Waals surface area contributed by atoms with Crippen molar-refractivity contribution < 1.29 is 37.0 Å². The lowest BCUT2D eigenvalue weighted by atomic mass is 10.2. The lowest BCUT2D eigenvalue weighted by Crippen LogP contribution is -2.38. The molecule has 0 saturated heterocycles. The predicted molar refractivity (Wildman–Crippen MR) is 83.6 cm³/mol. The maximum atomic E-state index is 13.4. The molecule has 0 aliphatic rings. The van der Waals surface area contributed by atoms with Crippen LogP contribution in [0.4, 0.5) is 18.9 Å². The van der Waals surface area contributed by atoms with E-state index in [4.69, 9.17) is 0 Å². The Morgan fingerprint density at radius 3 is 2.48 bits per heavy atom. The highest BCUT2D eigenvalue weighted by molar-refractivity contribution is 5.95. The number of benzene rings is 1. The van der Waals surface area contributed by atoms with E-state index in [0.29, 0.717) is 6.07 Å². The zero-order chi connectivity index (χ0) is 20.0. The van der Waals surface area contributed by atoms with Gasteiger partial charge in [-0.2, -0.15) is 4.73 Å². The number of carbonyl (C=O) groups excluding carboxylic acids is 3. The molecule has 1 aromatic heterocycles. The topological polar surface area (TPSA) is 111 Å². The second-order valence-electron chi connectivity index (χ2n) is 5.04. The fraction of sp³-hybridized carbons (Fsp3) is 0.125. The highest BCUT2D eigenvalue weighted by atomic mass is 19.2. The molecule has 2 aromatic rings. The van der Waals surface area contributed by atoms with Crippen LogP contribution in [0.2, 0.25) is 0 Å². The van der Waals surface area contributed by atoms with E-state index >= 15 is 0 Å². The van der Waals surface area contributed by atoms with Crippen LogP contribution in [0.3, 0.4) is 0 Å². The summed E-state index contributed by atoms with van der Waals surface area (Å²) in [6.07, 6.45) is 1.07. The Balaban J connectivity index is 1.80. The molecule has 27 heavy (non-hydrogen) atoms. The van der Waals surface area contributed by atoms with Crippen molar-refractivity contribution in [1.29, 1.82) is 0 Å². The molecular formula is C16H12F3N3O5. The number of carbonyl (C=O) groups is 3. The van der Waals surface area contributed by atoms with Crippen LogP contribution in [0.1, 0.15) is 10.5 Å². The molecule has 1 heterocycles. The summed E-state index contributed by atoms with van der Waals surface area (Å²) in [5, 5.41) is 15.4. The van der Waals surface area contributed by atoms with E-state index in [1.807, 2.05) is 5.32 Å². The molecular weight excluding hydrogens is 371 g/mol. The molecule has 11 heteroatoms. The van der Waals surface area contributed by atoms with Gasteiger partial charge in [0, 0.05) is 12.1 Å². The van der Waals surface area contributed by atoms with Gasteiger partial charge in [-0.1, -0.05) is 0 Å². The maximum absolute atomic E-state index is 13.4. The summed E-state index contributed by atoms with van der Waals surface area (Å²) in [6.45, 7) is -1.43. The van der Waals surface area contributed by atoms with E-state index in [2.05, 4.69) is 10.1 Å². The number of hydrogen-bond donors (Lipinski definition) is 2. The number of nitrogens with zero attached hydrogens (tertiary/aromatic N) is 1. The largest absolute Gasteiger partial charge is 0.618 e. The highest BCUT2D eigenvalue weighted by Crippen LogP contribution is 2.19. The summed E-state index contributed by atoms with van der Waals surface area (Å²) in [4.78, 5) is 34.8. The maximum Gasteiger partial charge on any atom is 0.405 e. The normalized spacial score (nSPS) is 10.2. The first-order valence-electron chi connectivity index (χ1n) is 7.35. The molecule has 1 aromatic carbocycles.